The standard InChI is InChI=1S/C14H20N2O3S2/c1-11(8-12-6-7-20-10-12)15-9-13-4-5-14(19-13)21(17,18)16(2)3/h4-7,10-11,15H,8-9H2,1-3H3. The molecule has 5 nitrogen and oxygen atoms in total. The quantitative estimate of drug-likeness (QED) is 0.847. The maximum atomic E-state index is 11.9. The highest BCUT2D eigenvalue weighted by Crippen LogP contribution is 2.17. The van der Waals surface area contributed by atoms with E-state index in [9.17, 15) is 8.42 Å². The third kappa shape index (κ3) is 4.16. The van der Waals surface area contributed by atoms with Crippen molar-refractivity contribution >= 4 is 21.4 Å². The Morgan fingerprint density at radius 1 is 1.33 bits per heavy atom. The van der Waals surface area contributed by atoms with E-state index in [0.29, 0.717) is 18.3 Å². The summed E-state index contributed by atoms with van der Waals surface area (Å²) < 4.78 is 30.4. The second kappa shape index (κ2) is 6.74. The molecule has 0 amide bonds. The Balaban J connectivity index is 1.91. The summed E-state index contributed by atoms with van der Waals surface area (Å²) in [5, 5.41) is 7.51. The lowest BCUT2D eigenvalue weighted by molar-refractivity contribution is 0.381. The summed E-state index contributed by atoms with van der Waals surface area (Å²) in [7, 11) is -0.526. The SMILES string of the molecule is CC(Cc1ccsc1)NCc1ccc(S(=O)(=O)N(C)C)o1. The highest BCUT2D eigenvalue weighted by Gasteiger charge is 2.21. The molecule has 116 valence electrons. The highest BCUT2D eigenvalue weighted by atomic mass is 32.2. The zero-order chi connectivity index (χ0) is 15.5. The minimum atomic E-state index is -3.50. The third-order valence-electron chi connectivity index (χ3n) is 3.12. The van der Waals surface area contributed by atoms with Gasteiger partial charge in [0.25, 0.3) is 10.0 Å². The van der Waals surface area contributed by atoms with Crippen LogP contribution in [-0.4, -0.2) is 32.9 Å². The Kier molecular flexibility index (Phi) is 5.21. The van der Waals surface area contributed by atoms with Gasteiger partial charge in [0.15, 0.2) is 0 Å². The van der Waals surface area contributed by atoms with Gasteiger partial charge in [-0.25, -0.2) is 12.7 Å². The van der Waals surface area contributed by atoms with E-state index in [0.717, 1.165) is 10.7 Å². The van der Waals surface area contributed by atoms with Crippen LogP contribution in [-0.2, 0) is 23.0 Å². The number of hydrogen-bond acceptors (Lipinski definition) is 5. The third-order valence-corrected chi connectivity index (χ3v) is 5.54. The molecular weight excluding hydrogens is 308 g/mol. The maximum absolute atomic E-state index is 11.9. The van der Waals surface area contributed by atoms with Crippen LogP contribution in [0.5, 0.6) is 0 Å². The molecule has 21 heavy (non-hydrogen) atoms. The van der Waals surface area contributed by atoms with Crippen molar-refractivity contribution in [2.45, 2.75) is 31.0 Å². The Morgan fingerprint density at radius 3 is 2.71 bits per heavy atom. The van der Waals surface area contributed by atoms with Gasteiger partial charge in [-0.2, -0.15) is 11.3 Å². The fourth-order valence-electron chi connectivity index (χ4n) is 1.88. The Hall–Kier alpha value is -1.15. The average molecular weight is 328 g/mol. The molecule has 1 atom stereocenters. The molecule has 0 aromatic carbocycles. The number of nitrogens with zero attached hydrogens (tertiary/aromatic N) is 1. The molecule has 0 aliphatic rings. The molecule has 0 saturated heterocycles. The molecule has 7 heteroatoms. The summed E-state index contributed by atoms with van der Waals surface area (Å²) in [5.41, 5.74) is 1.30. The van der Waals surface area contributed by atoms with Gasteiger partial charge in [-0.1, -0.05) is 0 Å². The first-order valence-corrected chi connectivity index (χ1v) is 9.03. The van der Waals surface area contributed by atoms with Crippen LogP contribution in [0.25, 0.3) is 0 Å². The van der Waals surface area contributed by atoms with Crippen LogP contribution < -0.4 is 5.32 Å². The van der Waals surface area contributed by atoms with Gasteiger partial charge in [0.05, 0.1) is 6.54 Å². The second-order valence-electron chi connectivity index (χ2n) is 5.13. The van der Waals surface area contributed by atoms with Crippen molar-refractivity contribution < 1.29 is 12.8 Å². The van der Waals surface area contributed by atoms with E-state index in [-0.39, 0.29) is 5.09 Å². The number of furan rings is 1. The summed E-state index contributed by atoms with van der Waals surface area (Å²) in [5.74, 6) is 0.618. The van der Waals surface area contributed by atoms with Crippen molar-refractivity contribution in [3.8, 4) is 0 Å². The Labute approximate surface area is 129 Å². The van der Waals surface area contributed by atoms with Gasteiger partial charge in [0.1, 0.15) is 5.76 Å². The monoisotopic (exact) mass is 328 g/mol. The first-order chi connectivity index (χ1) is 9.89. The van der Waals surface area contributed by atoms with Gasteiger partial charge in [-0.3, -0.25) is 0 Å². The predicted molar refractivity (Wildman–Crippen MR) is 83.9 cm³/mol. The van der Waals surface area contributed by atoms with Gasteiger partial charge in [0, 0.05) is 20.1 Å². The van der Waals surface area contributed by atoms with E-state index in [2.05, 4.69) is 29.1 Å². The topological polar surface area (TPSA) is 62.6 Å². The molecule has 0 bridgehead atoms. The lowest BCUT2D eigenvalue weighted by Crippen LogP contribution is -2.27. The van der Waals surface area contributed by atoms with E-state index < -0.39 is 10.0 Å². The minimum Gasteiger partial charge on any atom is -0.447 e. The molecule has 1 N–H and O–H groups in total. The van der Waals surface area contributed by atoms with Gasteiger partial charge in [0.2, 0.25) is 5.09 Å². The zero-order valence-electron chi connectivity index (χ0n) is 12.4. The van der Waals surface area contributed by atoms with Crippen LogP contribution >= 0.6 is 11.3 Å². The summed E-state index contributed by atoms with van der Waals surface area (Å²) in [6, 6.07) is 5.59. The van der Waals surface area contributed by atoms with Crippen molar-refractivity contribution in [3.05, 3.63) is 40.3 Å². The second-order valence-corrected chi connectivity index (χ2v) is 7.99. The molecule has 0 spiro atoms. The molecule has 2 aromatic heterocycles. The van der Waals surface area contributed by atoms with Crippen molar-refractivity contribution in [3.63, 3.8) is 0 Å². The molecule has 0 radical (unpaired) electrons. The summed E-state index contributed by atoms with van der Waals surface area (Å²) in [6.07, 6.45) is 0.938. The summed E-state index contributed by atoms with van der Waals surface area (Å²) >= 11 is 1.69. The highest BCUT2D eigenvalue weighted by molar-refractivity contribution is 7.88. The van der Waals surface area contributed by atoms with Crippen LogP contribution in [0.15, 0.2) is 38.5 Å². The van der Waals surface area contributed by atoms with Crippen molar-refractivity contribution in [1.82, 2.24) is 9.62 Å². The minimum absolute atomic E-state index is 0.0187. The van der Waals surface area contributed by atoms with Gasteiger partial charge < -0.3 is 9.73 Å². The van der Waals surface area contributed by atoms with Gasteiger partial charge >= 0.3 is 0 Å². The Bertz CT molecular complexity index is 660. The summed E-state index contributed by atoms with van der Waals surface area (Å²) in [4.78, 5) is 0. The number of hydrogen-bond donors (Lipinski definition) is 1. The Morgan fingerprint density at radius 2 is 2.10 bits per heavy atom. The first-order valence-electron chi connectivity index (χ1n) is 6.65. The van der Waals surface area contributed by atoms with Crippen molar-refractivity contribution in [1.29, 1.82) is 0 Å². The lowest BCUT2D eigenvalue weighted by atomic mass is 10.1. The molecular formula is C14H20N2O3S2. The molecule has 0 aliphatic heterocycles. The van der Waals surface area contributed by atoms with E-state index in [1.54, 1.807) is 17.4 Å². The van der Waals surface area contributed by atoms with Crippen LogP contribution in [0, 0.1) is 0 Å². The number of sulfonamides is 1. The van der Waals surface area contributed by atoms with Crippen molar-refractivity contribution in [2.75, 3.05) is 14.1 Å². The molecule has 1 unspecified atom stereocenters. The molecule has 2 aromatic rings. The van der Waals surface area contributed by atoms with Gasteiger partial charge in [-0.15, -0.1) is 0 Å². The van der Waals surface area contributed by atoms with Gasteiger partial charge in [-0.05, 0) is 47.9 Å². The van der Waals surface area contributed by atoms with Crippen molar-refractivity contribution in [2.24, 2.45) is 0 Å². The molecule has 0 saturated carbocycles. The maximum Gasteiger partial charge on any atom is 0.275 e. The molecule has 2 rings (SSSR count). The average Bonchev–Trinajstić information content (AvgIpc) is 3.07. The van der Waals surface area contributed by atoms with Crippen LogP contribution in [0.2, 0.25) is 0 Å². The van der Waals surface area contributed by atoms with Crippen LogP contribution in [0.3, 0.4) is 0 Å². The molecule has 2 heterocycles. The molecule has 0 aliphatic carbocycles. The predicted octanol–water partition coefficient (Wildman–Crippen LogP) is 2.31. The van der Waals surface area contributed by atoms with Crippen LogP contribution in [0.1, 0.15) is 18.2 Å². The molecule has 0 fully saturated rings. The number of rotatable bonds is 7. The normalized spacial score (nSPS) is 13.7. The fraction of sp³-hybridized carbons (Fsp3) is 0.429. The van der Waals surface area contributed by atoms with E-state index in [1.165, 1.54) is 25.7 Å². The van der Waals surface area contributed by atoms with E-state index in [1.807, 2.05) is 0 Å². The smallest absolute Gasteiger partial charge is 0.275 e. The lowest BCUT2D eigenvalue weighted by Gasteiger charge is -2.12. The van der Waals surface area contributed by atoms with Crippen LogP contribution in [0.4, 0.5) is 0 Å². The van der Waals surface area contributed by atoms with E-state index in [4.69, 9.17) is 4.42 Å². The first kappa shape index (κ1) is 16.2. The fourth-order valence-corrected chi connectivity index (χ4v) is 3.37. The number of nitrogens with one attached hydrogen (secondary N) is 1. The number of thiophene rings is 1. The van der Waals surface area contributed by atoms with E-state index >= 15 is 0 Å². The summed E-state index contributed by atoms with van der Waals surface area (Å²) in [6.45, 7) is 2.60. The zero-order valence-corrected chi connectivity index (χ0v) is 14.0. The largest absolute Gasteiger partial charge is 0.447 e.